The van der Waals surface area contributed by atoms with Crippen molar-refractivity contribution < 1.29 is 43.1 Å². The highest BCUT2D eigenvalue weighted by Gasteiger charge is 2.22. The lowest BCUT2D eigenvalue weighted by molar-refractivity contribution is 0.668. The second-order valence-corrected chi connectivity index (χ2v) is 12.5. The molecule has 0 fully saturated rings. The van der Waals surface area contributed by atoms with Gasteiger partial charge in [0.25, 0.3) is 0 Å². The highest BCUT2D eigenvalue weighted by Crippen LogP contribution is 2.42. The molecule has 4 aromatic heterocycles. The van der Waals surface area contributed by atoms with Gasteiger partial charge in [-0.25, -0.2) is 4.98 Å². The zero-order valence-electron chi connectivity index (χ0n) is 53.5. The molecule has 0 spiro atoms. The van der Waals surface area contributed by atoms with Crippen LogP contribution in [0.4, 0.5) is 0 Å². The largest absolute Gasteiger partial charge is 0.456 e. The van der Waals surface area contributed by atoms with E-state index in [9.17, 15) is 15.1 Å². The average molecular weight is 756 g/mol. The summed E-state index contributed by atoms with van der Waals surface area (Å²) in [5.74, 6) is -2.38. The van der Waals surface area contributed by atoms with Crippen molar-refractivity contribution in [2.24, 2.45) is 0 Å². The fourth-order valence-corrected chi connectivity index (χ4v) is 6.79. The molecule has 0 aliphatic heterocycles. The molecule has 6 nitrogen and oxygen atoms in total. The fourth-order valence-electron chi connectivity index (χ4n) is 6.79. The van der Waals surface area contributed by atoms with E-state index in [1.54, 1.807) is 30.3 Å². The normalized spacial score (nSPS) is 18.0. The smallest absolute Gasteiger partial charge is 0.238 e. The molecule has 0 saturated carbocycles. The van der Waals surface area contributed by atoms with Crippen LogP contribution in [0.1, 0.15) is 34.3 Å². The molecule has 4 heterocycles. The third kappa shape index (κ3) is 4.94. The second-order valence-electron chi connectivity index (χ2n) is 12.5. The Morgan fingerprint density at radius 2 is 1.07 bits per heavy atom. The minimum Gasteiger partial charge on any atom is -0.456 e. The molecular weight excluding hydrogens is 701 g/mol. The third-order valence-corrected chi connectivity index (χ3v) is 9.25. The van der Waals surface area contributed by atoms with Crippen LogP contribution in [0, 0.1) is 0 Å². The standard InChI is InChI=1S/C51H30N4O2/c1-3-12-31(13-4-1)32-22-24-34(25-23-32)49-52-50(35-26-27-40-45(30-35)57-43-21-11-18-36(46(40)43)33-14-5-2-6-15-33)54-51(53-49)55-41-19-9-7-16-37(41)38-28-29-44-47(48(38)55)39-17-8-10-20-42(39)56-44/h1-30H/i2D,5D,6D,7D,8D,9D,10D,11D,14D,15D,16D,17D,18D,19D,20D,21D,22D,23D,24D,25D,26D,27D,28D,29D,30D. The Labute approximate surface area is 361 Å². The minimum atomic E-state index is -0.946. The minimum absolute atomic E-state index is 0.153. The Hall–Kier alpha value is -7.83. The van der Waals surface area contributed by atoms with E-state index < -0.39 is 246 Å². The van der Waals surface area contributed by atoms with E-state index >= 15 is 0 Å². The maximum Gasteiger partial charge on any atom is 0.238 e. The number of hydrogen-bond acceptors (Lipinski definition) is 5. The molecule has 8 aromatic carbocycles. The average Bonchev–Trinajstić information content (AvgIpc) is 4.24. The van der Waals surface area contributed by atoms with Gasteiger partial charge >= 0.3 is 0 Å². The molecule has 0 atom stereocenters. The summed E-state index contributed by atoms with van der Waals surface area (Å²) in [6.07, 6.45) is 0. The van der Waals surface area contributed by atoms with Crippen molar-refractivity contribution in [2.75, 3.05) is 0 Å². The SMILES string of the molecule is [2H]c1c([2H])c([2H])c(-c2c([2H])c([2H])c([2H])c3oc4c([2H])c(-c5nc(-c6c([2H])c([2H])c(-c7ccccc7)c([2H])c6[2H])nc(-n6c7c([2H])c([2H])c([2H])c([2H])c7c7c([2H])c([2H])c8oc9c([2H])c([2H])c([2H])c([2H])c9c8c76)n5)c([2H])c([2H])c4c23)c([2H])c1[2H]. The van der Waals surface area contributed by atoms with Crippen LogP contribution >= 0.6 is 0 Å². The molecule has 0 saturated heterocycles. The number of benzene rings is 8. The molecule has 57 heavy (non-hydrogen) atoms. The number of nitrogens with zero attached hydrogens (tertiary/aromatic N) is 4. The zero-order valence-corrected chi connectivity index (χ0v) is 28.5. The third-order valence-electron chi connectivity index (χ3n) is 9.25. The van der Waals surface area contributed by atoms with Gasteiger partial charge in [0.2, 0.25) is 5.95 Å². The Bertz CT molecular complexity index is 4940. The summed E-state index contributed by atoms with van der Waals surface area (Å²) in [7, 11) is 0. The molecular formula is C51H30N4O2. The van der Waals surface area contributed by atoms with Crippen molar-refractivity contribution in [3.05, 3.63) is 181 Å². The number of rotatable bonds is 5. The quantitative estimate of drug-likeness (QED) is 0.175. The first-order valence-corrected chi connectivity index (χ1v) is 17.0. The van der Waals surface area contributed by atoms with E-state index in [1.807, 2.05) is 0 Å². The van der Waals surface area contributed by atoms with E-state index in [2.05, 4.69) is 15.0 Å². The van der Waals surface area contributed by atoms with Gasteiger partial charge in [0.1, 0.15) is 22.3 Å². The number of para-hydroxylation sites is 2. The first kappa shape index (κ1) is 15.7. The Kier molecular flexibility index (Phi) is 3.41. The summed E-state index contributed by atoms with van der Waals surface area (Å²) in [6, 6.07) is -11.8. The Morgan fingerprint density at radius 3 is 1.93 bits per heavy atom. The predicted octanol–water partition coefficient (Wildman–Crippen LogP) is 13.4. The number of fused-ring (bicyclic) bond motifs is 10. The molecule has 0 radical (unpaired) electrons. The lowest BCUT2D eigenvalue weighted by atomic mass is 9.99. The summed E-state index contributed by atoms with van der Waals surface area (Å²) in [4.78, 5) is 13.8. The topological polar surface area (TPSA) is 69.9 Å². The maximum absolute atomic E-state index is 9.78. The van der Waals surface area contributed by atoms with Crippen molar-refractivity contribution in [2.45, 2.75) is 0 Å². The van der Waals surface area contributed by atoms with Crippen molar-refractivity contribution in [1.29, 1.82) is 0 Å². The zero-order chi connectivity index (χ0) is 59.2. The molecule has 0 bridgehead atoms. The summed E-state index contributed by atoms with van der Waals surface area (Å²) in [5.41, 5.74) is -5.71. The van der Waals surface area contributed by atoms with Crippen LogP contribution in [-0.2, 0) is 0 Å². The van der Waals surface area contributed by atoms with Crippen molar-refractivity contribution in [1.82, 2.24) is 19.5 Å². The fraction of sp³-hybridized carbons (Fsp3) is 0. The summed E-state index contributed by atoms with van der Waals surface area (Å²) >= 11 is 0. The van der Waals surface area contributed by atoms with Crippen LogP contribution in [0.3, 0.4) is 0 Å². The van der Waals surface area contributed by atoms with Crippen molar-refractivity contribution >= 4 is 65.7 Å². The van der Waals surface area contributed by atoms with Crippen LogP contribution in [0.5, 0.6) is 0 Å². The Balaban J connectivity index is 1.29. The van der Waals surface area contributed by atoms with Gasteiger partial charge in [-0.1, -0.05) is 139 Å². The molecule has 266 valence electrons. The van der Waals surface area contributed by atoms with Crippen molar-refractivity contribution in [3.63, 3.8) is 0 Å². The highest BCUT2D eigenvalue weighted by molar-refractivity contribution is 6.24. The first-order chi connectivity index (χ1) is 38.7. The van der Waals surface area contributed by atoms with Gasteiger partial charge in [0, 0.05) is 38.1 Å². The van der Waals surface area contributed by atoms with Gasteiger partial charge in [-0.3, -0.25) is 4.57 Å². The van der Waals surface area contributed by atoms with Crippen LogP contribution in [0.15, 0.2) is 190 Å². The van der Waals surface area contributed by atoms with Crippen LogP contribution in [-0.4, -0.2) is 19.5 Å². The number of aromatic nitrogens is 4. The van der Waals surface area contributed by atoms with E-state index in [0.717, 1.165) is 4.57 Å². The van der Waals surface area contributed by atoms with E-state index in [-0.39, 0.29) is 21.9 Å². The molecule has 0 N–H and O–H groups in total. The number of furan rings is 2. The first-order valence-electron chi connectivity index (χ1n) is 29.5. The van der Waals surface area contributed by atoms with Crippen LogP contribution < -0.4 is 0 Å². The van der Waals surface area contributed by atoms with E-state index in [4.69, 9.17) is 28.0 Å². The Morgan fingerprint density at radius 1 is 0.421 bits per heavy atom. The van der Waals surface area contributed by atoms with Gasteiger partial charge in [0.05, 0.1) is 50.7 Å². The molecule has 0 aliphatic rings. The van der Waals surface area contributed by atoms with Gasteiger partial charge in [-0.2, -0.15) is 9.97 Å². The van der Waals surface area contributed by atoms with E-state index in [1.165, 1.54) is 0 Å². The van der Waals surface area contributed by atoms with Crippen LogP contribution in [0.2, 0.25) is 0 Å². The summed E-state index contributed by atoms with van der Waals surface area (Å²) in [6.45, 7) is 0. The van der Waals surface area contributed by atoms with Crippen molar-refractivity contribution in [3.8, 4) is 51.0 Å². The molecule has 0 unspecified atom stereocenters. The molecule has 6 heteroatoms. The van der Waals surface area contributed by atoms with Crippen LogP contribution in [0.25, 0.3) is 117 Å². The highest BCUT2D eigenvalue weighted by atomic mass is 16.3. The predicted molar refractivity (Wildman–Crippen MR) is 230 cm³/mol. The van der Waals surface area contributed by atoms with Gasteiger partial charge in [0.15, 0.2) is 11.6 Å². The second kappa shape index (κ2) is 12.3. The molecule has 12 rings (SSSR count). The molecule has 0 aliphatic carbocycles. The monoisotopic (exact) mass is 755 g/mol. The molecule has 0 amide bonds. The molecule has 12 aromatic rings. The lowest BCUT2D eigenvalue weighted by Gasteiger charge is -2.12. The van der Waals surface area contributed by atoms with Gasteiger partial charge in [-0.15, -0.1) is 0 Å². The summed E-state index contributed by atoms with van der Waals surface area (Å²) < 4.78 is 238. The van der Waals surface area contributed by atoms with E-state index in [0.29, 0.717) is 0 Å². The van der Waals surface area contributed by atoms with Gasteiger partial charge in [-0.05, 0) is 64.6 Å². The maximum atomic E-state index is 9.78. The summed E-state index contributed by atoms with van der Waals surface area (Å²) in [5, 5.41) is -2.56. The lowest BCUT2D eigenvalue weighted by Crippen LogP contribution is -2.06. The number of hydrogen-bond donors (Lipinski definition) is 0. The van der Waals surface area contributed by atoms with Gasteiger partial charge < -0.3 is 8.83 Å².